The minimum atomic E-state index is -0.601. The van der Waals surface area contributed by atoms with Gasteiger partial charge in [-0.15, -0.1) is 0 Å². The van der Waals surface area contributed by atoms with Gasteiger partial charge in [-0.2, -0.15) is 0 Å². The normalized spacial score (nSPS) is 21.7. The fourth-order valence-electron chi connectivity index (χ4n) is 3.58. The van der Waals surface area contributed by atoms with Gasteiger partial charge < -0.3 is 15.5 Å². The topological polar surface area (TPSA) is 78.5 Å². The van der Waals surface area contributed by atoms with Crippen LogP contribution in [0.15, 0.2) is 28.7 Å². The minimum Gasteiger partial charge on any atom is -0.352 e. The predicted octanol–water partition coefficient (Wildman–Crippen LogP) is 2.37. The molecule has 7 heteroatoms. The number of hydrogen-bond donors (Lipinski definition) is 2. The van der Waals surface area contributed by atoms with Crippen LogP contribution in [0.25, 0.3) is 0 Å². The summed E-state index contributed by atoms with van der Waals surface area (Å²) in [6.45, 7) is 2.01. The standard InChI is InChI=1S/C19H24BrN3O3/c1-12(18(25)22-14-6-2-3-7-14)21-19(26)13-10-17(24)23(11-13)16-9-5-4-8-15(16)20/h4-5,8-9,12-14H,2-3,6-7,10-11H2,1H3,(H,21,26)(H,22,25)/t12-,13+/m0/s1. The van der Waals surface area contributed by atoms with Crippen LogP contribution in [-0.4, -0.2) is 36.3 Å². The number of carbonyl (C=O) groups excluding carboxylic acids is 3. The first-order valence-corrected chi connectivity index (χ1v) is 9.90. The summed E-state index contributed by atoms with van der Waals surface area (Å²) in [5.41, 5.74) is 0.764. The number of nitrogens with zero attached hydrogens (tertiary/aromatic N) is 1. The first-order chi connectivity index (χ1) is 12.5. The molecule has 1 aliphatic heterocycles. The summed E-state index contributed by atoms with van der Waals surface area (Å²) in [4.78, 5) is 38.7. The van der Waals surface area contributed by atoms with Crippen molar-refractivity contribution in [3.05, 3.63) is 28.7 Å². The van der Waals surface area contributed by atoms with E-state index in [0.29, 0.717) is 6.54 Å². The second kappa shape index (κ2) is 8.20. The summed E-state index contributed by atoms with van der Waals surface area (Å²) in [5.74, 6) is -0.935. The van der Waals surface area contributed by atoms with Crippen LogP contribution < -0.4 is 15.5 Å². The van der Waals surface area contributed by atoms with E-state index in [0.717, 1.165) is 35.8 Å². The fourth-order valence-corrected chi connectivity index (χ4v) is 4.08. The van der Waals surface area contributed by atoms with E-state index < -0.39 is 12.0 Å². The van der Waals surface area contributed by atoms with Gasteiger partial charge in [-0.1, -0.05) is 25.0 Å². The Morgan fingerprint density at radius 2 is 1.92 bits per heavy atom. The van der Waals surface area contributed by atoms with Gasteiger partial charge in [0.1, 0.15) is 6.04 Å². The van der Waals surface area contributed by atoms with Crippen LogP contribution in [0, 0.1) is 5.92 Å². The average molecular weight is 422 g/mol. The van der Waals surface area contributed by atoms with Gasteiger partial charge in [0.15, 0.2) is 0 Å². The highest BCUT2D eigenvalue weighted by Crippen LogP contribution is 2.31. The lowest BCUT2D eigenvalue weighted by Crippen LogP contribution is -2.49. The van der Waals surface area contributed by atoms with Crippen molar-refractivity contribution in [2.75, 3.05) is 11.4 Å². The van der Waals surface area contributed by atoms with Crippen LogP contribution in [0.5, 0.6) is 0 Å². The zero-order chi connectivity index (χ0) is 18.7. The fraction of sp³-hybridized carbons (Fsp3) is 0.526. The lowest BCUT2D eigenvalue weighted by molar-refractivity contribution is -0.131. The Morgan fingerprint density at radius 3 is 2.62 bits per heavy atom. The quantitative estimate of drug-likeness (QED) is 0.765. The Hall–Kier alpha value is -1.89. The molecule has 0 spiro atoms. The van der Waals surface area contributed by atoms with Crippen molar-refractivity contribution in [1.29, 1.82) is 0 Å². The molecule has 3 amide bonds. The molecular formula is C19H24BrN3O3. The highest BCUT2D eigenvalue weighted by atomic mass is 79.9. The van der Waals surface area contributed by atoms with Gasteiger partial charge >= 0.3 is 0 Å². The lowest BCUT2D eigenvalue weighted by atomic mass is 10.1. The van der Waals surface area contributed by atoms with Gasteiger partial charge in [0.05, 0.1) is 11.6 Å². The molecule has 0 bridgehead atoms. The molecule has 6 nitrogen and oxygen atoms in total. The van der Waals surface area contributed by atoms with Crippen molar-refractivity contribution in [2.24, 2.45) is 5.92 Å². The number of anilines is 1. The van der Waals surface area contributed by atoms with Crippen molar-refractivity contribution in [3.63, 3.8) is 0 Å². The van der Waals surface area contributed by atoms with Gasteiger partial charge in [0.2, 0.25) is 17.7 Å². The number of amides is 3. The van der Waals surface area contributed by atoms with Crippen LogP contribution >= 0.6 is 15.9 Å². The molecule has 26 heavy (non-hydrogen) atoms. The molecule has 2 fully saturated rings. The number of nitrogens with one attached hydrogen (secondary N) is 2. The van der Waals surface area contributed by atoms with Crippen LogP contribution in [0.3, 0.4) is 0 Å². The number of carbonyl (C=O) groups is 3. The molecule has 0 unspecified atom stereocenters. The molecule has 140 valence electrons. The minimum absolute atomic E-state index is 0.0832. The van der Waals surface area contributed by atoms with Crippen LogP contribution in [0.2, 0.25) is 0 Å². The van der Waals surface area contributed by atoms with E-state index in [1.54, 1.807) is 11.8 Å². The molecule has 0 radical (unpaired) electrons. The summed E-state index contributed by atoms with van der Waals surface area (Å²) < 4.78 is 0.818. The van der Waals surface area contributed by atoms with E-state index in [1.165, 1.54) is 0 Å². The largest absolute Gasteiger partial charge is 0.352 e. The zero-order valence-corrected chi connectivity index (χ0v) is 16.4. The summed E-state index contributed by atoms with van der Waals surface area (Å²) >= 11 is 3.44. The van der Waals surface area contributed by atoms with Gasteiger partial charge in [-0.25, -0.2) is 0 Å². The summed E-state index contributed by atoms with van der Waals surface area (Å²) in [7, 11) is 0. The summed E-state index contributed by atoms with van der Waals surface area (Å²) in [5, 5.41) is 5.75. The molecular weight excluding hydrogens is 398 g/mol. The maximum Gasteiger partial charge on any atom is 0.242 e. The Kier molecular flexibility index (Phi) is 5.96. The van der Waals surface area contributed by atoms with Gasteiger partial charge in [-0.05, 0) is 47.8 Å². The van der Waals surface area contributed by atoms with E-state index in [-0.39, 0.29) is 30.2 Å². The number of para-hydroxylation sites is 1. The first kappa shape index (κ1) is 18.9. The number of benzene rings is 1. The van der Waals surface area contributed by atoms with Crippen molar-refractivity contribution in [2.45, 2.75) is 51.1 Å². The molecule has 2 N–H and O–H groups in total. The molecule has 1 aliphatic carbocycles. The highest BCUT2D eigenvalue weighted by molar-refractivity contribution is 9.10. The third kappa shape index (κ3) is 4.26. The van der Waals surface area contributed by atoms with Crippen molar-refractivity contribution < 1.29 is 14.4 Å². The second-order valence-electron chi connectivity index (χ2n) is 7.08. The first-order valence-electron chi connectivity index (χ1n) is 9.11. The van der Waals surface area contributed by atoms with E-state index in [4.69, 9.17) is 0 Å². The monoisotopic (exact) mass is 421 g/mol. The lowest BCUT2D eigenvalue weighted by Gasteiger charge is -2.20. The van der Waals surface area contributed by atoms with Gasteiger partial charge in [-0.3, -0.25) is 14.4 Å². The average Bonchev–Trinajstić information content (AvgIpc) is 3.25. The number of halogens is 1. The van der Waals surface area contributed by atoms with Crippen LogP contribution in [0.4, 0.5) is 5.69 Å². The molecule has 2 aliphatic rings. The van der Waals surface area contributed by atoms with E-state index in [2.05, 4.69) is 26.6 Å². The zero-order valence-electron chi connectivity index (χ0n) is 14.8. The highest BCUT2D eigenvalue weighted by Gasteiger charge is 2.36. The Morgan fingerprint density at radius 1 is 1.23 bits per heavy atom. The van der Waals surface area contributed by atoms with E-state index in [1.807, 2.05) is 24.3 Å². The van der Waals surface area contributed by atoms with Crippen molar-refractivity contribution in [3.8, 4) is 0 Å². The van der Waals surface area contributed by atoms with Crippen molar-refractivity contribution in [1.82, 2.24) is 10.6 Å². The number of hydrogen-bond acceptors (Lipinski definition) is 3. The smallest absolute Gasteiger partial charge is 0.242 e. The van der Waals surface area contributed by atoms with Crippen LogP contribution in [0.1, 0.15) is 39.0 Å². The molecule has 2 atom stereocenters. The van der Waals surface area contributed by atoms with Crippen LogP contribution in [-0.2, 0) is 14.4 Å². The summed E-state index contributed by atoms with van der Waals surface area (Å²) in [6, 6.07) is 7.07. The third-order valence-electron chi connectivity index (χ3n) is 5.09. The Balaban J connectivity index is 1.56. The molecule has 1 aromatic carbocycles. The third-order valence-corrected chi connectivity index (χ3v) is 5.76. The van der Waals surface area contributed by atoms with Gasteiger partial charge in [0, 0.05) is 23.5 Å². The maximum absolute atomic E-state index is 12.5. The molecule has 3 rings (SSSR count). The maximum atomic E-state index is 12.5. The molecule has 1 saturated heterocycles. The molecule has 0 aromatic heterocycles. The van der Waals surface area contributed by atoms with E-state index in [9.17, 15) is 14.4 Å². The van der Waals surface area contributed by atoms with Gasteiger partial charge in [0.25, 0.3) is 0 Å². The Labute approximate surface area is 161 Å². The number of rotatable bonds is 5. The molecule has 1 saturated carbocycles. The predicted molar refractivity (Wildman–Crippen MR) is 103 cm³/mol. The van der Waals surface area contributed by atoms with E-state index >= 15 is 0 Å². The Bertz CT molecular complexity index is 703. The van der Waals surface area contributed by atoms with Crippen molar-refractivity contribution >= 4 is 39.3 Å². The molecule has 1 aromatic rings. The second-order valence-corrected chi connectivity index (χ2v) is 7.93. The molecule has 1 heterocycles. The summed E-state index contributed by atoms with van der Waals surface area (Å²) in [6.07, 6.45) is 4.44. The SMILES string of the molecule is C[C@H](NC(=O)[C@@H]1CC(=O)N(c2ccccc2Br)C1)C(=O)NC1CCCC1.